The van der Waals surface area contributed by atoms with Gasteiger partial charge in [-0.25, -0.2) is 4.39 Å². The molecule has 0 aromatic heterocycles. The van der Waals surface area contributed by atoms with Crippen LogP contribution in [0.25, 0.3) is 0 Å². The van der Waals surface area contributed by atoms with Gasteiger partial charge < -0.3 is 10.4 Å². The molecule has 1 aromatic rings. The predicted molar refractivity (Wildman–Crippen MR) is 45.1 cm³/mol. The second-order valence-corrected chi connectivity index (χ2v) is 2.82. The van der Waals surface area contributed by atoms with Gasteiger partial charge in [0.1, 0.15) is 5.82 Å². The van der Waals surface area contributed by atoms with Gasteiger partial charge in [-0.3, -0.25) is 4.79 Å². The van der Waals surface area contributed by atoms with E-state index in [1.165, 1.54) is 13.5 Å². The van der Waals surface area contributed by atoms with Crippen LogP contribution < -0.4 is 11.2 Å². The van der Waals surface area contributed by atoms with Gasteiger partial charge in [0.05, 0.1) is 6.61 Å². The molecule has 5 heteroatoms. The van der Waals surface area contributed by atoms with Crippen molar-refractivity contribution in [3.05, 3.63) is 29.1 Å². The van der Waals surface area contributed by atoms with E-state index < -0.39 is 11.7 Å². The van der Waals surface area contributed by atoms with Gasteiger partial charge in [0.25, 0.3) is 0 Å². The molecule has 0 unspecified atom stereocenters. The zero-order valence-corrected chi connectivity index (χ0v) is 6.71. The molecular weight excluding hydrogens is 172 g/mol. The Labute approximate surface area is 75.0 Å². The normalized spacial score (nSPS) is 13.6. The van der Waals surface area contributed by atoms with Gasteiger partial charge in [0, 0.05) is 11.1 Å². The van der Waals surface area contributed by atoms with Crippen LogP contribution in [0, 0.1) is 5.82 Å². The lowest BCUT2D eigenvalue weighted by Crippen LogP contribution is -2.19. The van der Waals surface area contributed by atoms with Crippen LogP contribution in [0.5, 0.6) is 0 Å². The number of carbonyl (C=O) groups excluding carboxylic acids is 1. The summed E-state index contributed by atoms with van der Waals surface area (Å²) in [6.45, 7) is 0.222. The van der Waals surface area contributed by atoms with Crippen molar-refractivity contribution >= 4 is 18.9 Å². The highest BCUT2D eigenvalue weighted by Gasteiger charge is 2.19. The van der Waals surface area contributed by atoms with Crippen LogP contribution in [0.2, 0.25) is 0 Å². The van der Waals surface area contributed by atoms with Crippen LogP contribution >= 0.6 is 0 Å². The minimum absolute atomic E-state index is 0.165. The molecule has 0 fully saturated rings. The fourth-order valence-corrected chi connectivity index (χ4v) is 1.27. The summed E-state index contributed by atoms with van der Waals surface area (Å²) in [6.07, 6.45) is 0. The Morgan fingerprint density at radius 2 is 2.38 bits per heavy atom. The first kappa shape index (κ1) is 8.25. The number of benzene rings is 1. The summed E-state index contributed by atoms with van der Waals surface area (Å²) in [4.78, 5) is 10.8. The largest absolute Gasteiger partial charge is 0.430 e. The van der Waals surface area contributed by atoms with Gasteiger partial charge in [0.2, 0.25) is 5.91 Å². The third kappa shape index (κ3) is 1.31. The van der Waals surface area contributed by atoms with Crippen molar-refractivity contribution < 1.29 is 13.8 Å². The summed E-state index contributed by atoms with van der Waals surface area (Å²) in [7, 11) is 1.42. The van der Waals surface area contributed by atoms with E-state index in [1.807, 2.05) is 0 Å². The lowest BCUT2D eigenvalue weighted by molar-refractivity contribution is 0.1000. The number of rotatable bonds is 1. The third-order valence-electron chi connectivity index (χ3n) is 1.95. The summed E-state index contributed by atoms with van der Waals surface area (Å²) in [5.41, 5.74) is 6.25. The molecule has 0 spiro atoms. The maximum atomic E-state index is 13.2. The molecule has 3 nitrogen and oxygen atoms in total. The first-order valence-corrected chi connectivity index (χ1v) is 3.75. The van der Waals surface area contributed by atoms with Crippen molar-refractivity contribution in [3.8, 4) is 0 Å². The molecule has 0 atom stereocenters. The van der Waals surface area contributed by atoms with Crippen molar-refractivity contribution in [1.29, 1.82) is 0 Å². The van der Waals surface area contributed by atoms with E-state index >= 15 is 0 Å². The van der Waals surface area contributed by atoms with Crippen molar-refractivity contribution in [1.82, 2.24) is 0 Å². The van der Waals surface area contributed by atoms with Gasteiger partial charge in [-0.1, -0.05) is 6.07 Å². The van der Waals surface area contributed by atoms with Crippen molar-refractivity contribution in [2.45, 2.75) is 6.61 Å². The Balaban J connectivity index is 2.55. The molecule has 1 amide bonds. The molecule has 1 aromatic carbocycles. The molecular formula is C8H6BFNO2. The topological polar surface area (TPSA) is 52.3 Å². The summed E-state index contributed by atoms with van der Waals surface area (Å²) in [5.74, 6) is -1.08. The van der Waals surface area contributed by atoms with E-state index in [0.717, 1.165) is 6.07 Å². The van der Waals surface area contributed by atoms with Gasteiger partial charge in [-0.05, 0) is 11.5 Å². The van der Waals surface area contributed by atoms with E-state index in [9.17, 15) is 9.18 Å². The Morgan fingerprint density at radius 3 is 3.08 bits per heavy atom. The average Bonchev–Trinajstić information content (AvgIpc) is 2.51. The Kier molecular flexibility index (Phi) is 1.81. The molecule has 0 aliphatic carbocycles. The lowest BCUT2D eigenvalue weighted by atomic mass is 9.86. The van der Waals surface area contributed by atoms with E-state index in [4.69, 9.17) is 10.4 Å². The number of nitrogens with two attached hydrogens (primary N) is 1. The molecule has 65 valence electrons. The van der Waals surface area contributed by atoms with Crippen molar-refractivity contribution in [2.75, 3.05) is 0 Å². The van der Waals surface area contributed by atoms with Gasteiger partial charge in [-0.2, -0.15) is 0 Å². The molecule has 2 rings (SSSR count). The van der Waals surface area contributed by atoms with E-state index in [0.29, 0.717) is 11.0 Å². The number of hydrogen-bond acceptors (Lipinski definition) is 2. The van der Waals surface area contributed by atoms with Crippen LogP contribution in [0.15, 0.2) is 12.1 Å². The molecule has 2 N–H and O–H groups in total. The summed E-state index contributed by atoms with van der Waals surface area (Å²) in [6, 6.07) is 2.65. The zero-order valence-electron chi connectivity index (χ0n) is 6.71. The second kappa shape index (κ2) is 2.85. The van der Waals surface area contributed by atoms with Crippen LogP contribution in [0.1, 0.15) is 15.9 Å². The first-order chi connectivity index (χ1) is 6.18. The van der Waals surface area contributed by atoms with Crippen LogP contribution in [-0.4, -0.2) is 13.4 Å². The van der Waals surface area contributed by atoms with Gasteiger partial charge >= 0.3 is 7.48 Å². The van der Waals surface area contributed by atoms with Gasteiger partial charge in [-0.15, -0.1) is 0 Å². The Bertz CT molecular complexity index is 381. The van der Waals surface area contributed by atoms with Crippen molar-refractivity contribution in [3.63, 3.8) is 0 Å². The van der Waals surface area contributed by atoms with Crippen LogP contribution in [0.4, 0.5) is 4.39 Å². The maximum Gasteiger partial charge on any atom is 0.330 e. The average molecular weight is 178 g/mol. The highest BCUT2D eigenvalue weighted by Crippen LogP contribution is 2.12. The smallest absolute Gasteiger partial charge is 0.330 e. The minimum Gasteiger partial charge on any atom is -0.430 e. The highest BCUT2D eigenvalue weighted by atomic mass is 19.1. The molecule has 13 heavy (non-hydrogen) atoms. The predicted octanol–water partition coefficient (Wildman–Crippen LogP) is -0.301. The molecule has 0 bridgehead atoms. The van der Waals surface area contributed by atoms with E-state index in [2.05, 4.69) is 0 Å². The van der Waals surface area contributed by atoms with Gasteiger partial charge in [0.15, 0.2) is 0 Å². The Morgan fingerprint density at radius 1 is 1.62 bits per heavy atom. The quantitative estimate of drug-likeness (QED) is 0.600. The molecule has 1 aliphatic heterocycles. The fraction of sp³-hybridized carbons (Fsp3) is 0.125. The lowest BCUT2D eigenvalue weighted by Gasteiger charge is -2.01. The van der Waals surface area contributed by atoms with Crippen LogP contribution in [-0.2, 0) is 11.3 Å². The molecule has 1 radical (unpaired) electrons. The van der Waals surface area contributed by atoms with Crippen LogP contribution in [0.3, 0.4) is 0 Å². The SMILES string of the molecule is NC(=O)c1cc(F)c2c(c1)[B]OC2. The van der Waals surface area contributed by atoms with E-state index in [1.54, 1.807) is 0 Å². The molecule has 0 saturated carbocycles. The minimum atomic E-state index is -0.637. The summed E-state index contributed by atoms with van der Waals surface area (Å²) < 4.78 is 18.1. The monoisotopic (exact) mass is 178 g/mol. The third-order valence-corrected chi connectivity index (χ3v) is 1.95. The summed E-state index contributed by atoms with van der Waals surface area (Å²) in [5, 5.41) is 0. The van der Waals surface area contributed by atoms with E-state index in [-0.39, 0.29) is 12.2 Å². The number of fused-ring (bicyclic) bond motifs is 1. The number of primary amides is 1. The standard InChI is InChI=1S/C8H6BFNO2/c10-7-2-4(8(11)12)1-6-5(7)3-13-9-6/h1-2H,3H2,(H2,11,12). The zero-order chi connectivity index (χ0) is 9.42. The fourth-order valence-electron chi connectivity index (χ4n) is 1.27. The molecule has 1 aliphatic rings. The van der Waals surface area contributed by atoms with Crippen molar-refractivity contribution in [2.24, 2.45) is 5.73 Å². The number of halogens is 1. The molecule has 1 heterocycles. The number of carbonyl (C=O) groups is 1. The molecule has 0 saturated heterocycles. The highest BCUT2D eigenvalue weighted by molar-refractivity contribution is 6.49. The number of amides is 1. The maximum absolute atomic E-state index is 13.2. The summed E-state index contributed by atoms with van der Waals surface area (Å²) >= 11 is 0. The number of hydrogen-bond donors (Lipinski definition) is 1. The Hall–Kier alpha value is -1.36. The first-order valence-electron chi connectivity index (χ1n) is 3.75. The second-order valence-electron chi connectivity index (χ2n) is 2.82.